The van der Waals surface area contributed by atoms with Gasteiger partial charge in [-0.05, 0) is 60.2 Å². The second kappa shape index (κ2) is 5.91. The van der Waals surface area contributed by atoms with E-state index in [1.165, 1.54) is 30.8 Å². The molecule has 1 fully saturated rings. The van der Waals surface area contributed by atoms with Gasteiger partial charge in [-0.1, -0.05) is 6.07 Å². The number of nitrogens with zero attached hydrogens (tertiary/aromatic N) is 3. The van der Waals surface area contributed by atoms with Crippen molar-refractivity contribution in [1.29, 1.82) is 0 Å². The van der Waals surface area contributed by atoms with Gasteiger partial charge in [-0.15, -0.1) is 0 Å². The molecule has 1 aromatic heterocycles. The van der Waals surface area contributed by atoms with Crippen LogP contribution in [-0.2, 0) is 0 Å². The van der Waals surface area contributed by atoms with Crippen LogP contribution in [0.5, 0.6) is 0 Å². The van der Waals surface area contributed by atoms with Crippen molar-refractivity contribution >= 4 is 5.82 Å². The van der Waals surface area contributed by atoms with E-state index in [2.05, 4.69) is 56.7 Å². The Bertz CT molecular complexity index is 406. The van der Waals surface area contributed by atoms with E-state index < -0.39 is 0 Å². The number of aromatic nitrogens is 1. The van der Waals surface area contributed by atoms with Crippen LogP contribution in [0.4, 0.5) is 5.82 Å². The maximum Gasteiger partial charge on any atom is 0.133 e. The van der Waals surface area contributed by atoms with Gasteiger partial charge in [0.05, 0.1) is 0 Å². The smallest absolute Gasteiger partial charge is 0.133 e. The molecule has 0 aliphatic carbocycles. The number of hydrogen-bond donors (Lipinski definition) is 0. The maximum absolute atomic E-state index is 4.70. The lowest BCUT2D eigenvalue weighted by Gasteiger charge is -2.35. The second-order valence-corrected chi connectivity index (χ2v) is 6.15. The predicted octanol–water partition coefficient (Wildman–Crippen LogP) is 3.47. The molecule has 0 unspecified atom stereocenters. The van der Waals surface area contributed by atoms with Crippen LogP contribution in [0.25, 0.3) is 0 Å². The van der Waals surface area contributed by atoms with Gasteiger partial charge in [-0.3, -0.25) is 4.90 Å². The van der Waals surface area contributed by atoms with Crippen molar-refractivity contribution in [2.24, 2.45) is 0 Å². The molecule has 1 aliphatic heterocycles. The topological polar surface area (TPSA) is 19.4 Å². The number of pyridine rings is 1. The second-order valence-electron chi connectivity index (χ2n) is 6.15. The zero-order valence-corrected chi connectivity index (χ0v) is 12.9. The molecule has 0 bridgehead atoms. The molecule has 0 spiro atoms. The van der Waals surface area contributed by atoms with Crippen LogP contribution in [0, 0.1) is 0 Å². The van der Waals surface area contributed by atoms with Crippen molar-refractivity contribution in [3.63, 3.8) is 0 Å². The van der Waals surface area contributed by atoms with Crippen LogP contribution < -0.4 is 4.90 Å². The molecule has 1 aliphatic rings. The minimum atomic E-state index is 0.473. The lowest BCUT2D eigenvalue weighted by atomic mass is 10.0. The van der Waals surface area contributed by atoms with Gasteiger partial charge in [0.15, 0.2) is 0 Å². The number of rotatable bonds is 4. The van der Waals surface area contributed by atoms with E-state index in [4.69, 9.17) is 4.98 Å². The van der Waals surface area contributed by atoms with Gasteiger partial charge in [0, 0.05) is 29.9 Å². The summed E-state index contributed by atoms with van der Waals surface area (Å²) in [4.78, 5) is 9.59. The molecule has 19 heavy (non-hydrogen) atoms. The molecule has 0 saturated carbocycles. The third-order valence-corrected chi connectivity index (χ3v) is 4.05. The minimum absolute atomic E-state index is 0.473. The van der Waals surface area contributed by atoms with Crippen molar-refractivity contribution in [3.05, 3.63) is 23.9 Å². The average molecular weight is 261 g/mol. The van der Waals surface area contributed by atoms with Crippen molar-refractivity contribution in [2.45, 2.75) is 58.7 Å². The Kier molecular flexibility index (Phi) is 4.46. The molecule has 0 aromatic carbocycles. The van der Waals surface area contributed by atoms with Gasteiger partial charge < -0.3 is 4.90 Å². The molecule has 0 N–H and O–H groups in total. The molecule has 0 amide bonds. The number of hydrogen-bond acceptors (Lipinski definition) is 3. The Morgan fingerprint density at radius 1 is 1.26 bits per heavy atom. The highest BCUT2D eigenvalue weighted by molar-refractivity contribution is 5.50. The summed E-state index contributed by atoms with van der Waals surface area (Å²) in [6, 6.07) is 5.81. The number of likely N-dealkylation sites (tertiary alicyclic amines) is 1. The van der Waals surface area contributed by atoms with E-state index >= 15 is 0 Å². The summed E-state index contributed by atoms with van der Waals surface area (Å²) in [6.07, 6.45) is 4.46. The summed E-state index contributed by atoms with van der Waals surface area (Å²) in [6.45, 7) is 10.2. The van der Waals surface area contributed by atoms with Gasteiger partial charge in [0.2, 0.25) is 0 Å². The van der Waals surface area contributed by atoms with Crippen molar-refractivity contribution in [2.75, 3.05) is 18.5 Å². The molecule has 1 atom stereocenters. The van der Waals surface area contributed by atoms with Gasteiger partial charge >= 0.3 is 0 Å². The van der Waals surface area contributed by atoms with E-state index in [0.29, 0.717) is 18.1 Å². The SMILES string of the molecule is CC(C)N(c1ncccc1[C@H]1CCCN1C)C(C)C. The molecule has 106 valence electrons. The first-order valence-electron chi connectivity index (χ1n) is 7.46. The van der Waals surface area contributed by atoms with Crippen LogP contribution in [0.2, 0.25) is 0 Å². The first-order valence-corrected chi connectivity index (χ1v) is 7.46. The number of anilines is 1. The molecule has 0 radical (unpaired) electrons. The Hall–Kier alpha value is -1.09. The summed E-state index contributed by atoms with van der Waals surface area (Å²) in [5.41, 5.74) is 1.39. The normalized spacial score (nSPS) is 20.5. The molecule has 2 heterocycles. The third kappa shape index (κ3) is 2.92. The molecule has 2 rings (SSSR count). The Morgan fingerprint density at radius 2 is 1.95 bits per heavy atom. The lowest BCUT2D eigenvalue weighted by molar-refractivity contribution is 0.316. The first kappa shape index (κ1) is 14.3. The van der Waals surface area contributed by atoms with Gasteiger partial charge in [-0.2, -0.15) is 0 Å². The fraction of sp³-hybridized carbons (Fsp3) is 0.688. The standard InChI is InChI=1S/C16H27N3/c1-12(2)19(13(3)4)16-14(8-6-10-17-16)15-9-7-11-18(15)5/h6,8,10,12-13,15H,7,9,11H2,1-5H3/t15-/m1/s1. The predicted molar refractivity (Wildman–Crippen MR) is 81.6 cm³/mol. The quantitative estimate of drug-likeness (QED) is 0.827. The summed E-state index contributed by atoms with van der Waals surface area (Å²) < 4.78 is 0. The zero-order chi connectivity index (χ0) is 14.0. The monoisotopic (exact) mass is 261 g/mol. The zero-order valence-electron chi connectivity index (χ0n) is 12.9. The summed E-state index contributed by atoms with van der Waals surface area (Å²) in [5.74, 6) is 1.17. The molecule has 1 aromatic rings. The highest BCUT2D eigenvalue weighted by Gasteiger charge is 2.28. The van der Waals surface area contributed by atoms with Gasteiger partial charge in [0.1, 0.15) is 5.82 Å². The molecule has 3 nitrogen and oxygen atoms in total. The van der Waals surface area contributed by atoms with Crippen LogP contribution in [0.1, 0.15) is 52.1 Å². The Morgan fingerprint density at radius 3 is 2.47 bits per heavy atom. The van der Waals surface area contributed by atoms with E-state index in [1.807, 2.05) is 6.20 Å². The van der Waals surface area contributed by atoms with Crippen LogP contribution in [-0.4, -0.2) is 35.6 Å². The fourth-order valence-electron chi connectivity index (χ4n) is 3.27. The minimum Gasteiger partial charge on any atom is -0.351 e. The summed E-state index contributed by atoms with van der Waals surface area (Å²) in [7, 11) is 2.23. The van der Waals surface area contributed by atoms with E-state index in [1.54, 1.807) is 0 Å². The summed E-state index contributed by atoms with van der Waals surface area (Å²) >= 11 is 0. The van der Waals surface area contributed by atoms with E-state index in [0.717, 1.165) is 0 Å². The van der Waals surface area contributed by atoms with Crippen molar-refractivity contribution < 1.29 is 0 Å². The maximum atomic E-state index is 4.70. The van der Waals surface area contributed by atoms with Gasteiger partial charge in [0.25, 0.3) is 0 Å². The summed E-state index contributed by atoms with van der Waals surface area (Å²) in [5, 5.41) is 0. The molecule has 1 saturated heterocycles. The molecular weight excluding hydrogens is 234 g/mol. The lowest BCUT2D eigenvalue weighted by Crippen LogP contribution is -2.39. The molecular formula is C16H27N3. The third-order valence-electron chi connectivity index (χ3n) is 4.05. The Labute approximate surface area is 117 Å². The fourth-order valence-corrected chi connectivity index (χ4v) is 3.27. The van der Waals surface area contributed by atoms with Crippen LogP contribution in [0.3, 0.4) is 0 Å². The largest absolute Gasteiger partial charge is 0.351 e. The van der Waals surface area contributed by atoms with Crippen LogP contribution in [0.15, 0.2) is 18.3 Å². The van der Waals surface area contributed by atoms with Crippen LogP contribution >= 0.6 is 0 Å². The molecule has 3 heteroatoms. The van der Waals surface area contributed by atoms with Crippen molar-refractivity contribution in [3.8, 4) is 0 Å². The highest BCUT2D eigenvalue weighted by Crippen LogP contribution is 2.36. The first-order chi connectivity index (χ1) is 9.02. The Balaban J connectivity index is 2.40. The highest BCUT2D eigenvalue weighted by atomic mass is 15.2. The van der Waals surface area contributed by atoms with Crippen molar-refractivity contribution in [1.82, 2.24) is 9.88 Å². The van der Waals surface area contributed by atoms with E-state index in [-0.39, 0.29) is 0 Å². The van der Waals surface area contributed by atoms with Gasteiger partial charge in [-0.25, -0.2) is 4.98 Å². The van der Waals surface area contributed by atoms with E-state index in [9.17, 15) is 0 Å². The average Bonchev–Trinajstić information content (AvgIpc) is 2.75.